The molecule has 1 aromatic carbocycles. The lowest BCUT2D eigenvalue weighted by Crippen LogP contribution is -2.37. The molecule has 2 bridgehead atoms. The predicted molar refractivity (Wildman–Crippen MR) is 105 cm³/mol. The Morgan fingerprint density at radius 1 is 1.29 bits per heavy atom. The van der Waals surface area contributed by atoms with E-state index in [1.807, 2.05) is 6.92 Å². The number of benzene rings is 1. The van der Waals surface area contributed by atoms with Crippen molar-refractivity contribution in [2.75, 3.05) is 11.9 Å². The molecule has 28 heavy (non-hydrogen) atoms. The van der Waals surface area contributed by atoms with Crippen molar-refractivity contribution in [3.8, 4) is 0 Å². The van der Waals surface area contributed by atoms with Crippen molar-refractivity contribution < 1.29 is 18.0 Å². The van der Waals surface area contributed by atoms with Crippen LogP contribution >= 0.6 is 11.8 Å². The maximum atomic E-state index is 12.8. The van der Waals surface area contributed by atoms with E-state index < -0.39 is 16.5 Å². The number of anilines is 1. The zero-order chi connectivity index (χ0) is 19.9. The average Bonchev–Trinajstić information content (AvgIpc) is 3.30. The van der Waals surface area contributed by atoms with Gasteiger partial charge in [-0.2, -0.15) is 18.2 Å². The largest absolute Gasteiger partial charge is 0.416 e. The molecule has 152 valence electrons. The van der Waals surface area contributed by atoms with Crippen molar-refractivity contribution in [1.82, 2.24) is 5.32 Å². The summed E-state index contributed by atoms with van der Waals surface area (Å²) in [5, 5.41) is 7.17. The van der Waals surface area contributed by atoms with Crippen molar-refractivity contribution in [2.45, 2.75) is 56.0 Å². The molecular formula is C20H24F3N3OS. The van der Waals surface area contributed by atoms with Gasteiger partial charge in [-0.05, 0) is 62.6 Å². The van der Waals surface area contributed by atoms with Gasteiger partial charge in [0.15, 0.2) is 5.17 Å². The molecule has 0 saturated heterocycles. The first-order valence-corrected chi connectivity index (χ1v) is 10.5. The maximum Gasteiger partial charge on any atom is 0.416 e. The lowest BCUT2D eigenvalue weighted by molar-refractivity contribution is -0.137. The van der Waals surface area contributed by atoms with Gasteiger partial charge in [-0.25, -0.2) is 0 Å². The molecule has 1 amide bonds. The van der Waals surface area contributed by atoms with E-state index in [2.05, 4.69) is 15.6 Å². The van der Waals surface area contributed by atoms with Crippen molar-refractivity contribution in [1.29, 1.82) is 0 Å². The molecule has 1 aromatic rings. The molecule has 2 aliphatic carbocycles. The Hall–Kier alpha value is -1.70. The molecule has 0 aromatic heterocycles. The van der Waals surface area contributed by atoms with E-state index >= 15 is 0 Å². The summed E-state index contributed by atoms with van der Waals surface area (Å²) in [6, 6.07) is 5.53. The smallest absolute Gasteiger partial charge is 0.385 e. The predicted octanol–water partition coefficient (Wildman–Crippen LogP) is 4.67. The number of carbonyl (C=O) groups excluding carboxylic acids is 1. The van der Waals surface area contributed by atoms with Crippen LogP contribution in [0.5, 0.6) is 0 Å². The Balaban J connectivity index is 1.30. The van der Waals surface area contributed by atoms with Gasteiger partial charge in [0.1, 0.15) is 4.75 Å². The van der Waals surface area contributed by atoms with E-state index in [0.29, 0.717) is 35.8 Å². The van der Waals surface area contributed by atoms with Crippen LogP contribution in [0.1, 0.15) is 44.6 Å². The summed E-state index contributed by atoms with van der Waals surface area (Å²) in [6.07, 6.45) is 1.13. The lowest BCUT2D eigenvalue weighted by Gasteiger charge is -2.25. The summed E-state index contributed by atoms with van der Waals surface area (Å²) in [6.45, 7) is 2.25. The Labute approximate surface area is 166 Å². The van der Waals surface area contributed by atoms with Gasteiger partial charge in [-0.1, -0.05) is 24.2 Å². The number of hydrogen-bond donors (Lipinski definition) is 2. The number of hydrogen-bond acceptors (Lipinski definition) is 4. The van der Waals surface area contributed by atoms with E-state index in [0.717, 1.165) is 24.5 Å². The van der Waals surface area contributed by atoms with E-state index in [1.54, 1.807) is 6.07 Å². The van der Waals surface area contributed by atoms with Crippen LogP contribution < -0.4 is 10.6 Å². The number of rotatable bonds is 5. The van der Waals surface area contributed by atoms with Gasteiger partial charge < -0.3 is 10.6 Å². The van der Waals surface area contributed by atoms with Crippen molar-refractivity contribution in [3.05, 3.63) is 29.8 Å². The zero-order valence-corrected chi connectivity index (χ0v) is 16.5. The standard InChI is InChI=1S/C20H24F3N3OS/c1-19(7-8-24-15-4-2-3-14(11-15)20(21,22)23)17(27)26-18(28-19)25-16-10-12-5-6-13(16)9-12/h2-4,11-13,16,24H,5-10H2,1H3,(H,25,26,27). The fraction of sp³-hybridized carbons (Fsp3) is 0.600. The highest BCUT2D eigenvalue weighted by Crippen LogP contribution is 2.45. The van der Waals surface area contributed by atoms with Crippen LogP contribution in [0.2, 0.25) is 0 Å². The molecule has 0 spiro atoms. The number of amidine groups is 1. The average molecular weight is 411 g/mol. The second kappa shape index (κ2) is 7.28. The fourth-order valence-corrected chi connectivity index (χ4v) is 5.64. The third-order valence-corrected chi connectivity index (χ3v) is 7.38. The second-order valence-corrected chi connectivity index (χ2v) is 9.73. The summed E-state index contributed by atoms with van der Waals surface area (Å²) in [4.78, 5) is 16.7. The van der Waals surface area contributed by atoms with E-state index in [9.17, 15) is 18.0 Å². The topological polar surface area (TPSA) is 53.5 Å². The Morgan fingerprint density at radius 2 is 2.11 bits per heavy atom. The normalized spacial score (nSPS) is 31.9. The molecule has 1 heterocycles. The molecule has 0 radical (unpaired) electrons. The molecule has 4 nitrogen and oxygen atoms in total. The van der Waals surface area contributed by atoms with Crippen molar-refractivity contribution in [2.24, 2.45) is 16.8 Å². The highest BCUT2D eigenvalue weighted by molar-refractivity contribution is 8.16. The van der Waals surface area contributed by atoms with E-state index in [-0.39, 0.29) is 5.91 Å². The SMILES string of the molecule is CC1(CCNc2cccc(C(F)(F)F)c2)SC(NC2CC3CCC2C3)=NC1=O. The second-order valence-electron chi connectivity index (χ2n) is 8.24. The summed E-state index contributed by atoms with van der Waals surface area (Å²) in [7, 11) is 0. The van der Waals surface area contributed by atoms with Gasteiger partial charge >= 0.3 is 6.18 Å². The molecule has 2 N–H and O–H groups in total. The Kier molecular flexibility index (Phi) is 5.10. The number of aliphatic imine (C=N–C) groups is 1. The Morgan fingerprint density at radius 3 is 2.79 bits per heavy atom. The van der Waals surface area contributed by atoms with Gasteiger partial charge in [0.25, 0.3) is 5.91 Å². The van der Waals surface area contributed by atoms with Gasteiger partial charge in [-0.3, -0.25) is 4.79 Å². The Bertz CT molecular complexity index is 797. The van der Waals surface area contributed by atoms with Crippen molar-refractivity contribution >= 4 is 28.5 Å². The fourth-order valence-electron chi connectivity index (χ4n) is 4.54. The number of halogens is 3. The number of nitrogens with one attached hydrogen (secondary N) is 2. The third-order valence-electron chi connectivity index (χ3n) is 6.15. The van der Waals surface area contributed by atoms with Gasteiger partial charge in [0, 0.05) is 18.3 Å². The van der Waals surface area contributed by atoms with Crippen LogP contribution in [0.3, 0.4) is 0 Å². The lowest BCUT2D eigenvalue weighted by atomic mass is 9.96. The minimum absolute atomic E-state index is 0.172. The molecule has 8 heteroatoms. The molecule has 4 unspecified atom stereocenters. The molecule has 3 aliphatic rings. The number of carbonyl (C=O) groups is 1. The first kappa shape index (κ1) is 19.6. The van der Waals surface area contributed by atoms with Crippen LogP contribution in [0.4, 0.5) is 18.9 Å². The minimum Gasteiger partial charge on any atom is -0.385 e. The number of fused-ring (bicyclic) bond motifs is 2. The van der Waals surface area contributed by atoms with Crippen LogP contribution in [-0.4, -0.2) is 28.4 Å². The van der Waals surface area contributed by atoms with Gasteiger partial charge in [0.2, 0.25) is 0 Å². The molecule has 2 saturated carbocycles. The minimum atomic E-state index is -4.37. The number of alkyl halides is 3. The first-order chi connectivity index (χ1) is 13.2. The van der Waals surface area contributed by atoms with Crippen LogP contribution in [0, 0.1) is 11.8 Å². The van der Waals surface area contributed by atoms with Crippen LogP contribution in [-0.2, 0) is 11.0 Å². The van der Waals surface area contributed by atoms with Gasteiger partial charge in [0.05, 0.1) is 5.56 Å². The monoisotopic (exact) mass is 411 g/mol. The number of nitrogens with zero attached hydrogens (tertiary/aromatic N) is 1. The van der Waals surface area contributed by atoms with Gasteiger partial charge in [-0.15, -0.1) is 0 Å². The third kappa shape index (κ3) is 4.02. The summed E-state index contributed by atoms with van der Waals surface area (Å²) < 4.78 is 37.8. The summed E-state index contributed by atoms with van der Waals surface area (Å²) in [5.41, 5.74) is -0.286. The highest BCUT2D eigenvalue weighted by atomic mass is 32.2. The molecule has 1 aliphatic heterocycles. The maximum absolute atomic E-state index is 12.8. The molecular weight excluding hydrogens is 387 g/mol. The van der Waals surface area contributed by atoms with E-state index in [1.165, 1.54) is 37.1 Å². The number of thioether (sulfide) groups is 1. The van der Waals surface area contributed by atoms with Crippen molar-refractivity contribution in [3.63, 3.8) is 0 Å². The zero-order valence-electron chi connectivity index (χ0n) is 15.7. The quantitative estimate of drug-likeness (QED) is 0.739. The first-order valence-electron chi connectivity index (χ1n) is 9.73. The summed E-state index contributed by atoms with van der Waals surface area (Å²) >= 11 is 1.45. The highest BCUT2D eigenvalue weighted by Gasteiger charge is 2.44. The molecule has 4 atom stereocenters. The molecule has 2 fully saturated rings. The van der Waals surface area contributed by atoms with Crippen LogP contribution in [0.15, 0.2) is 29.3 Å². The number of amides is 1. The van der Waals surface area contributed by atoms with E-state index in [4.69, 9.17) is 0 Å². The molecule has 4 rings (SSSR count). The summed E-state index contributed by atoms with van der Waals surface area (Å²) in [5.74, 6) is 1.33. The van der Waals surface area contributed by atoms with Crippen LogP contribution in [0.25, 0.3) is 0 Å².